The van der Waals surface area contributed by atoms with Crippen LogP contribution in [-0.4, -0.2) is 30.2 Å². The number of aryl methyl sites for hydroxylation is 1. The van der Waals surface area contributed by atoms with Gasteiger partial charge in [0.2, 0.25) is 0 Å². The topological polar surface area (TPSA) is 106 Å². The summed E-state index contributed by atoms with van der Waals surface area (Å²) in [6.07, 6.45) is 6.24. The highest BCUT2D eigenvalue weighted by molar-refractivity contribution is 5.86. The number of pyridine rings is 2. The van der Waals surface area contributed by atoms with Gasteiger partial charge in [-0.25, -0.2) is 4.98 Å². The Balaban J connectivity index is 1.33. The van der Waals surface area contributed by atoms with Crippen LogP contribution in [-0.2, 0) is 26.6 Å². The molecule has 0 spiro atoms. The number of nitrogens with zero attached hydrogens (tertiary/aromatic N) is 4. The number of hydrogen-bond donors (Lipinski definition) is 3. The molecule has 3 N–H and O–H groups in total. The predicted molar refractivity (Wildman–Crippen MR) is 160 cm³/mol. The minimum Gasteiger partial charge on any atom is -0.392 e. The molecule has 2 aromatic carbocycles. The molecule has 0 atom stereocenters. The third-order valence-corrected chi connectivity index (χ3v) is 7.82. The smallest absolute Gasteiger partial charge is 0.293 e. The van der Waals surface area contributed by atoms with Crippen molar-refractivity contribution in [1.82, 2.24) is 23.8 Å². The normalized spacial score (nSPS) is 13.0. The molecule has 9 heteroatoms. The van der Waals surface area contributed by atoms with Crippen LogP contribution in [0.15, 0.2) is 94.9 Å². The number of hydrogen-bond acceptors (Lipinski definition) is 6. The zero-order chi connectivity index (χ0) is 28.1. The largest absolute Gasteiger partial charge is 0.392 e. The van der Waals surface area contributed by atoms with E-state index in [0.717, 1.165) is 36.2 Å². The van der Waals surface area contributed by atoms with Crippen LogP contribution in [0, 0.1) is 0 Å². The van der Waals surface area contributed by atoms with Gasteiger partial charge in [-0.1, -0.05) is 24.3 Å². The quantitative estimate of drug-likeness (QED) is 0.304. The molecule has 1 aliphatic heterocycles. The lowest BCUT2D eigenvalue weighted by Gasteiger charge is -2.18. The van der Waals surface area contributed by atoms with Crippen LogP contribution in [0.1, 0.15) is 16.7 Å². The van der Waals surface area contributed by atoms with E-state index >= 15 is 0 Å². The molecule has 0 amide bonds. The SMILES string of the molecule is Cn1cc(-c2cccc(-n3ccc4c(cc5ccccn54)c3=O)c2CO)nc(Nc2ccc3c(c2)CCNC3)c1=O. The van der Waals surface area contributed by atoms with Crippen molar-refractivity contribution in [2.75, 3.05) is 11.9 Å². The molecule has 6 aromatic rings. The predicted octanol–water partition coefficient (Wildman–Crippen LogP) is 3.89. The van der Waals surface area contributed by atoms with E-state index in [9.17, 15) is 14.7 Å². The number of nitrogens with one attached hydrogen (secondary N) is 2. The summed E-state index contributed by atoms with van der Waals surface area (Å²) >= 11 is 0. The summed E-state index contributed by atoms with van der Waals surface area (Å²) in [6.45, 7) is 1.44. The lowest BCUT2D eigenvalue weighted by molar-refractivity contribution is 0.282. The first-order chi connectivity index (χ1) is 20.0. The van der Waals surface area contributed by atoms with Gasteiger partial charge >= 0.3 is 0 Å². The highest BCUT2D eigenvalue weighted by Crippen LogP contribution is 2.29. The van der Waals surface area contributed by atoms with Crippen LogP contribution in [0.4, 0.5) is 11.5 Å². The van der Waals surface area contributed by atoms with Crippen molar-refractivity contribution < 1.29 is 5.11 Å². The summed E-state index contributed by atoms with van der Waals surface area (Å²) in [5.74, 6) is 0.187. The van der Waals surface area contributed by atoms with E-state index in [-0.39, 0.29) is 23.5 Å². The van der Waals surface area contributed by atoms with Crippen LogP contribution < -0.4 is 21.8 Å². The van der Waals surface area contributed by atoms with Crippen molar-refractivity contribution >= 4 is 27.9 Å². The number of anilines is 2. The van der Waals surface area contributed by atoms with Crippen molar-refractivity contribution in [3.8, 4) is 16.9 Å². The summed E-state index contributed by atoms with van der Waals surface area (Å²) in [7, 11) is 1.68. The Hall–Kier alpha value is -4.99. The van der Waals surface area contributed by atoms with Gasteiger partial charge in [-0.15, -0.1) is 0 Å². The average Bonchev–Trinajstić information content (AvgIpc) is 3.39. The molecule has 0 saturated heterocycles. The second kappa shape index (κ2) is 9.88. The Morgan fingerprint density at radius 1 is 0.976 bits per heavy atom. The Kier molecular flexibility index (Phi) is 6.03. The second-order valence-corrected chi connectivity index (χ2v) is 10.3. The van der Waals surface area contributed by atoms with E-state index in [0.29, 0.717) is 27.9 Å². The van der Waals surface area contributed by atoms with Gasteiger partial charge in [0.1, 0.15) is 0 Å². The summed E-state index contributed by atoms with van der Waals surface area (Å²) in [6, 6.07) is 21.2. The molecule has 204 valence electrons. The monoisotopic (exact) mass is 544 g/mol. The van der Waals surface area contributed by atoms with E-state index in [1.807, 2.05) is 59.1 Å². The molecule has 0 aliphatic carbocycles. The van der Waals surface area contributed by atoms with E-state index in [2.05, 4.69) is 22.8 Å². The molecule has 5 heterocycles. The number of aliphatic hydroxyl groups is 1. The van der Waals surface area contributed by atoms with Gasteiger partial charge < -0.3 is 24.7 Å². The van der Waals surface area contributed by atoms with Gasteiger partial charge in [0.25, 0.3) is 11.1 Å². The van der Waals surface area contributed by atoms with E-state index in [1.54, 1.807) is 30.1 Å². The Labute approximate surface area is 235 Å². The van der Waals surface area contributed by atoms with Crippen molar-refractivity contribution in [1.29, 1.82) is 0 Å². The first-order valence-electron chi connectivity index (χ1n) is 13.5. The van der Waals surface area contributed by atoms with E-state index in [1.165, 1.54) is 15.7 Å². The Morgan fingerprint density at radius 2 is 1.88 bits per heavy atom. The van der Waals surface area contributed by atoms with Crippen molar-refractivity contribution in [3.05, 3.63) is 123 Å². The number of benzene rings is 2. The minimum absolute atomic E-state index is 0.184. The summed E-state index contributed by atoms with van der Waals surface area (Å²) in [4.78, 5) is 31.4. The molecule has 0 bridgehead atoms. The number of aliphatic hydroxyl groups excluding tert-OH is 1. The van der Waals surface area contributed by atoms with Crippen LogP contribution >= 0.6 is 0 Å². The molecule has 9 nitrogen and oxygen atoms in total. The number of fused-ring (bicyclic) bond motifs is 4. The second-order valence-electron chi connectivity index (χ2n) is 10.3. The minimum atomic E-state index is -0.320. The zero-order valence-corrected chi connectivity index (χ0v) is 22.5. The van der Waals surface area contributed by atoms with Gasteiger partial charge in [-0.2, -0.15) is 0 Å². The molecule has 0 radical (unpaired) electrons. The summed E-state index contributed by atoms with van der Waals surface area (Å²) in [5, 5.41) is 17.7. The lowest BCUT2D eigenvalue weighted by atomic mass is 10.0. The van der Waals surface area contributed by atoms with Crippen molar-refractivity contribution in [2.24, 2.45) is 7.05 Å². The Bertz CT molecular complexity index is 2090. The molecule has 0 unspecified atom stereocenters. The third kappa shape index (κ3) is 4.23. The van der Waals surface area contributed by atoms with Crippen LogP contribution in [0.25, 0.3) is 33.4 Å². The molecular formula is C32H28N6O3. The molecule has 0 fully saturated rings. The first-order valence-corrected chi connectivity index (χ1v) is 13.5. The van der Waals surface area contributed by atoms with E-state index < -0.39 is 0 Å². The summed E-state index contributed by atoms with van der Waals surface area (Å²) in [5.41, 5.74) is 6.82. The molecule has 1 aliphatic rings. The Morgan fingerprint density at radius 3 is 2.76 bits per heavy atom. The molecular weight excluding hydrogens is 516 g/mol. The molecule has 41 heavy (non-hydrogen) atoms. The highest BCUT2D eigenvalue weighted by Gasteiger charge is 2.18. The maximum atomic E-state index is 13.7. The third-order valence-electron chi connectivity index (χ3n) is 7.82. The molecule has 4 aromatic heterocycles. The van der Waals surface area contributed by atoms with Gasteiger partial charge in [-0.05, 0) is 66.6 Å². The first kappa shape index (κ1) is 25.0. The van der Waals surface area contributed by atoms with Crippen LogP contribution in [0.3, 0.4) is 0 Å². The average molecular weight is 545 g/mol. The van der Waals surface area contributed by atoms with Crippen molar-refractivity contribution in [3.63, 3.8) is 0 Å². The highest BCUT2D eigenvalue weighted by atomic mass is 16.3. The number of rotatable bonds is 5. The van der Waals surface area contributed by atoms with Gasteiger partial charge in [0.05, 0.1) is 28.9 Å². The lowest BCUT2D eigenvalue weighted by Crippen LogP contribution is -2.24. The molecule has 0 saturated carbocycles. The fourth-order valence-electron chi connectivity index (χ4n) is 5.73. The maximum absolute atomic E-state index is 13.7. The fourth-order valence-corrected chi connectivity index (χ4v) is 5.73. The van der Waals surface area contributed by atoms with Crippen LogP contribution in [0.5, 0.6) is 0 Å². The fraction of sp³-hybridized carbons (Fsp3) is 0.156. The van der Waals surface area contributed by atoms with Crippen molar-refractivity contribution in [2.45, 2.75) is 19.6 Å². The van der Waals surface area contributed by atoms with Gasteiger partial charge in [0.15, 0.2) is 5.82 Å². The molecule has 7 rings (SSSR count). The van der Waals surface area contributed by atoms with E-state index in [4.69, 9.17) is 4.98 Å². The zero-order valence-electron chi connectivity index (χ0n) is 22.5. The standard InChI is InChI=1S/C32H28N6O3/c1-36-18-27(35-30(32(36)41)34-22-9-8-21-17-33-12-10-20(21)15-22)24-6-4-7-28(26(24)19-39)38-14-11-29-25(31(38)40)16-23-5-2-3-13-37(23)29/h2-9,11,13-16,18,33,39H,10,12,17,19H2,1H3,(H,34,35). The van der Waals surface area contributed by atoms with Gasteiger partial charge in [0, 0.05) is 54.5 Å². The maximum Gasteiger partial charge on any atom is 0.293 e. The number of aromatic nitrogens is 4. The van der Waals surface area contributed by atoms with Crippen LogP contribution in [0.2, 0.25) is 0 Å². The van der Waals surface area contributed by atoms with Gasteiger partial charge in [-0.3, -0.25) is 14.2 Å². The summed E-state index contributed by atoms with van der Waals surface area (Å²) < 4.78 is 5.01.